The van der Waals surface area contributed by atoms with Crippen molar-refractivity contribution in [2.24, 2.45) is 17.8 Å². The van der Waals surface area contributed by atoms with Crippen molar-refractivity contribution in [3.05, 3.63) is 34.9 Å². The molecule has 26 heavy (non-hydrogen) atoms. The Morgan fingerprint density at radius 1 is 0.731 bits per heavy atom. The molecule has 2 nitrogen and oxygen atoms in total. The zero-order chi connectivity index (χ0) is 17.8. The third-order valence-electron chi connectivity index (χ3n) is 7.17. The van der Waals surface area contributed by atoms with Crippen LogP contribution >= 0.6 is 11.6 Å². The van der Waals surface area contributed by atoms with Gasteiger partial charge in [-0.3, -0.25) is 0 Å². The smallest absolute Gasteiger partial charge is 0.157 e. The lowest BCUT2D eigenvalue weighted by Gasteiger charge is -2.38. The summed E-state index contributed by atoms with van der Waals surface area (Å²) in [5.41, 5.74) is 1.49. The first-order chi connectivity index (χ1) is 12.8. The van der Waals surface area contributed by atoms with Gasteiger partial charge in [-0.1, -0.05) is 36.6 Å². The highest BCUT2D eigenvalue weighted by molar-refractivity contribution is 6.30. The molecule has 3 fully saturated rings. The molecule has 1 aromatic rings. The van der Waals surface area contributed by atoms with E-state index < -0.39 is 0 Å². The Kier molecular flexibility index (Phi) is 6.56. The van der Waals surface area contributed by atoms with Crippen LogP contribution < -0.4 is 0 Å². The Hall–Kier alpha value is -0.570. The molecule has 2 aliphatic carbocycles. The van der Waals surface area contributed by atoms with Gasteiger partial charge in [-0.15, -0.1) is 0 Å². The number of rotatable bonds is 5. The molecule has 0 atom stereocenters. The minimum absolute atomic E-state index is 0.0934. The predicted molar refractivity (Wildman–Crippen MR) is 107 cm³/mol. The van der Waals surface area contributed by atoms with Crippen molar-refractivity contribution in [3.63, 3.8) is 0 Å². The number of halogens is 1. The van der Waals surface area contributed by atoms with Crippen molar-refractivity contribution < 1.29 is 9.47 Å². The number of ether oxygens (including phenoxy) is 2. The van der Waals surface area contributed by atoms with Gasteiger partial charge in [0.05, 0.1) is 13.2 Å². The fraction of sp³-hybridized carbons (Fsp3) is 0.739. The van der Waals surface area contributed by atoms with Crippen LogP contribution in [0.15, 0.2) is 24.3 Å². The Labute approximate surface area is 163 Å². The van der Waals surface area contributed by atoms with Gasteiger partial charge in [0.25, 0.3) is 0 Å². The van der Waals surface area contributed by atoms with E-state index in [1.807, 2.05) is 12.1 Å². The molecule has 3 aliphatic rings. The van der Waals surface area contributed by atoms with Gasteiger partial charge >= 0.3 is 0 Å². The first kappa shape index (κ1) is 18.8. The van der Waals surface area contributed by atoms with Crippen LogP contribution in [0.4, 0.5) is 0 Å². The molecule has 0 aromatic heterocycles. The Morgan fingerprint density at radius 2 is 1.31 bits per heavy atom. The lowest BCUT2D eigenvalue weighted by Crippen LogP contribution is -2.25. The highest BCUT2D eigenvalue weighted by Crippen LogP contribution is 2.44. The first-order valence-electron chi connectivity index (χ1n) is 10.8. The average Bonchev–Trinajstić information content (AvgIpc) is 3.21. The summed E-state index contributed by atoms with van der Waals surface area (Å²) in [6.07, 6.45) is 13.8. The molecule has 1 aliphatic heterocycles. The van der Waals surface area contributed by atoms with E-state index in [4.69, 9.17) is 21.1 Å². The van der Waals surface area contributed by atoms with E-state index in [2.05, 4.69) is 12.1 Å². The van der Waals surface area contributed by atoms with E-state index >= 15 is 0 Å². The minimum atomic E-state index is 0.0934. The Morgan fingerprint density at radius 3 is 1.92 bits per heavy atom. The van der Waals surface area contributed by atoms with Gasteiger partial charge in [-0.2, -0.15) is 0 Å². The fourth-order valence-electron chi connectivity index (χ4n) is 5.55. The van der Waals surface area contributed by atoms with Crippen molar-refractivity contribution >= 4 is 11.6 Å². The third kappa shape index (κ3) is 4.82. The summed E-state index contributed by atoms with van der Waals surface area (Å²) in [6, 6.07) is 8.56. The van der Waals surface area contributed by atoms with Gasteiger partial charge in [0.2, 0.25) is 0 Å². The van der Waals surface area contributed by atoms with Gasteiger partial charge in [0.15, 0.2) is 6.29 Å². The quantitative estimate of drug-likeness (QED) is 0.578. The van der Waals surface area contributed by atoms with Crippen molar-refractivity contribution in [1.82, 2.24) is 0 Å². The van der Waals surface area contributed by atoms with Gasteiger partial charge in [0.1, 0.15) is 0 Å². The number of benzene rings is 1. The van der Waals surface area contributed by atoms with Crippen molar-refractivity contribution in [3.8, 4) is 0 Å². The van der Waals surface area contributed by atoms with E-state index in [0.717, 1.165) is 48.3 Å². The highest BCUT2D eigenvalue weighted by Gasteiger charge is 2.31. The Bertz CT molecular complexity index is 536. The van der Waals surface area contributed by atoms with Crippen LogP contribution in [0.1, 0.15) is 75.7 Å². The predicted octanol–water partition coefficient (Wildman–Crippen LogP) is 6.57. The molecule has 2 saturated carbocycles. The Balaban J connectivity index is 1.18. The van der Waals surface area contributed by atoms with Gasteiger partial charge in [-0.05, 0) is 92.7 Å². The summed E-state index contributed by atoms with van der Waals surface area (Å²) in [6.45, 7) is 1.58. The van der Waals surface area contributed by atoms with E-state index in [1.54, 1.807) is 0 Å². The zero-order valence-electron chi connectivity index (χ0n) is 15.9. The highest BCUT2D eigenvalue weighted by atomic mass is 35.5. The normalized spacial score (nSPS) is 33.4. The molecule has 4 rings (SSSR count). The summed E-state index contributed by atoms with van der Waals surface area (Å²) >= 11 is 6.03. The SMILES string of the molecule is Clc1ccc([C@H]2CC[C@H]([C@H]3CC[C@H](CCC4OCCO4)CC3)CC2)cc1. The van der Waals surface area contributed by atoms with Crippen molar-refractivity contribution in [1.29, 1.82) is 0 Å². The van der Waals surface area contributed by atoms with Crippen LogP contribution in [0, 0.1) is 17.8 Å². The van der Waals surface area contributed by atoms with E-state index in [9.17, 15) is 0 Å². The van der Waals surface area contributed by atoms with Gasteiger partial charge in [0, 0.05) is 5.02 Å². The number of hydrogen-bond acceptors (Lipinski definition) is 2. The topological polar surface area (TPSA) is 18.5 Å². The summed E-state index contributed by atoms with van der Waals surface area (Å²) in [7, 11) is 0. The van der Waals surface area contributed by atoms with Crippen LogP contribution in [0.3, 0.4) is 0 Å². The zero-order valence-corrected chi connectivity index (χ0v) is 16.6. The maximum Gasteiger partial charge on any atom is 0.157 e. The molecule has 3 heteroatoms. The second kappa shape index (κ2) is 9.08. The molecule has 0 N–H and O–H groups in total. The van der Waals surface area contributed by atoms with Crippen LogP contribution in [-0.4, -0.2) is 19.5 Å². The van der Waals surface area contributed by atoms with Gasteiger partial charge < -0.3 is 9.47 Å². The molecule has 1 heterocycles. The molecule has 1 aromatic carbocycles. The molecule has 0 amide bonds. The third-order valence-corrected chi connectivity index (χ3v) is 7.42. The summed E-state index contributed by atoms with van der Waals surface area (Å²) < 4.78 is 11.2. The van der Waals surface area contributed by atoms with Crippen LogP contribution in [0.2, 0.25) is 5.02 Å². The largest absolute Gasteiger partial charge is 0.350 e. The standard InChI is InChI=1S/C23H33ClO2/c24-22-12-10-21(11-13-22)20-8-6-19(7-9-20)18-4-1-17(2-5-18)3-14-23-25-15-16-26-23/h10-13,17-20,23H,1-9,14-16H2/t17-,18-,19-,20-. The molecular weight excluding hydrogens is 344 g/mol. The molecule has 0 spiro atoms. The second-order valence-corrected chi connectivity index (χ2v) is 9.13. The molecule has 1 saturated heterocycles. The van der Waals surface area contributed by atoms with E-state index in [0.29, 0.717) is 0 Å². The molecule has 0 unspecified atom stereocenters. The maximum atomic E-state index is 6.03. The van der Waals surface area contributed by atoms with Crippen LogP contribution in [-0.2, 0) is 9.47 Å². The fourth-order valence-corrected chi connectivity index (χ4v) is 5.68. The summed E-state index contributed by atoms with van der Waals surface area (Å²) in [5, 5.41) is 0.852. The molecule has 0 radical (unpaired) electrons. The van der Waals surface area contributed by atoms with Crippen LogP contribution in [0.5, 0.6) is 0 Å². The average molecular weight is 377 g/mol. The summed E-state index contributed by atoms with van der Waals surface area (Å²) in [5.74, 6) is 3.62. The maximum absolute atomic E-state index is 6.03. The lowest BCUT2D eigenvalue weighted by molar-refractivity contribution is -0.0514. The first-order valence-corrected chi connectivity index (χ1v) is 11.1. The minimum Gasteiger partial charge on any atom is -0.350 e. The monoisotopic (exact) mass is 376 g/mol. The van der Waals surface area contributed by atoms with Crippen LogP contribution in [0.25, 0.3) is 0 Å². The summed E-state index contributed by atoms with van der Waals surface area (Å²) in [4.78, 5) is 0. The number of hydrogen-bond donors (Lipinski definition) is 0. The van der Waals surface area contributed by atoms with Crippen molar-refractivity contribution in [2.45, 2.75) is 76.4 Å². The molecule has 0 bridgehead atoms. The van der Waals surface area contributed by atoms with E-state index in [1.165, 1.54) is 63.4 Å². The van der Waals surface area contributed by atoms with E-state index in [-0.39, 0.29) is 6.29 Å². The lowest BCUT2D eigenvalue weighted by atomic mass is 9.68. The second-order valence-electron chi connectivity index (χ2n) is 8.69. The van der Waals surface area contributed by atoms with Gasteiger partial charge in [-0.25, -0.2) is 0 Å². The molecule has 144 valence electrons. The van der Waals surface area contributed by atoms with Crippen molar-refractivity contribution in [2.75, 3.05) is 13.2 Å². The molecular formula is C23H33ClO2.